The molecule has 110 valence electrons. The number of furan rings is 1. The summed E-state index contributed by atoms with van der Waals surface area (Å²) < 4.78 is 5.46. The lowest BCUT2D eigenvalue weighted by molar-refractivity contribution is -0.384. The lowest BCUT2D eigenvalue weighted by atomic mass is 9.93. The second kappa shape index (κ2) is 5.87. The van der Waals surface area contributed by atoms with Crippen LogP contribution < -0.4 is 5.32 Å². The van der Waals surface area contributed by atoms with Crippen molar-refractivity contribution >= 4 is 17.3 Å². The standard InChI is InChI=1S/C15H15ClN2O3/c16-12-5-4-10(8-14(12)18(19)20)9-17-13-2-1-3-15-11(13)6-7-21-15/h4-8,13,17H,1-3,9H2. The predicted molar refractivity (Wildman–Crippen MR) is 79.3 cm³/mol. The van der Waals surface area contributed by atoms with E-state index in [-0.39, 0.29) is 16.8 Å². The summed E-state index contributed by atoms with van der Waals surface area (Å²) in [5.74, 6) is 1.04. The van der Waals surface area contributed by atoms with E-state index < -0.39 is 4.92 Å². The van der Waals surface area contributed by atoms with Gasteiger partial charge in [-0.05, 0) is 30.5 Å². The number of nitrogens with one attached hydrogen (secondary N) is 1. The number of hydrogen-bond donors (Lipinski definition) is 1. The van der Waals surface area contributed by atoms with Crippen molar-refractivity contribution in [3.05, 3.63) is 62.6 Å². The monoisotopic (exact) mass is 306 g/mol. The number of fused-ring (bicyclic) bond motifs is 1. The second-order valence-corrected chi connectivity index (χ2v) is 5.57. The van der Waals surface area contributed by atoms with E-state index in [0.717, 1.165) is 30.6 Å². The minimum absolute atomic E-state index is 0.0522. The summed E-state index contributed by atoms with van der Waals surface area (Å²) in [6, 6.07) is 7.13. The molecule has 0 radical (unpaired) electrons. The van der Waals surface area contributed by atoms with E-state index in [1.807, 2.05) is 6.07 Å². The largest absolute Gasteiger partial charge is 0.469 e. The van der Waals surface area contributed by atoms with Gasteiger partial charge in [0.15, 0.2) is 0 Å². The van der Waals surface area contributed by atoms with Gasteiger partial charge in [-0.25, -0.2) is 0 Å². The van der Waals surface area contributed by atoms with Crippen LogP contribution in [0.4, 0.5) is 5.69 Å². The molecule has 1 aliphatic carbocycles. The van der Waals surface area contributed by atoms with Gasteiger partial charge < -0.3 is 9.73 Å². The molecule has 2 aromatic rings. The summed E-state index contributed by atoms with van der Waals surface area (Å²) in [6.45, 7) is 0.563. The smallest absolute Gasteiger partial charge is 0.288 e. The molecule has 0 spiro atoms. The molecule has 1 heterocycles. The van der Waals surface area contributed by atoms with E-state index in [9.17, 15) is 10.1 Å². The fourth-order valence-electron chi connectivity index (χ4n) is 2.75. The molecule has 0 bridgehead atoms. The highest BCUT2D eigenvalue weighted by Gasteiger charge is 2.22. The number of rotatable bonds is 4. The third kappa shape index (κ3) is 2.94. The van der Waals surface area contributed by atoms with Crippen molar-refractivity contribution in [3.63, 3.8) is 0 Å². The molecule has 1 atom stereocenters. The zero-order valence-corrected chi connectivity index (χ0v) is 12.1. The highest BCUT2D eigenvalue weighted by Crippen LogP contribution is 2.31. The number of benzene rings is 1. The SMILES string of the molecule is O=[N+]([O-])c1cc(CNC2CCCc3occc32)ccc1Cl. The van der Waals surface area contributed by atoms with Crippen LogP contribution in [-0.2, 0) is 13.0 Å². The molecule has 1 aromatic heterocycles. The Labute approximate surface area is 127 Å². The van der Waals surface area contributed by atoms with Gasteiger partial charge in [0.05, 0.1) is 11.2 Å². The summed E-state index contributed by atoms with van der Waals surface area (Å²) in [5, 5.41) is 14.5. The third-order valence-electron chi connectivity index (χ3n) is 3.81. The van der Waals surface area contributed by atoms with Crippen LogP contribution in [-0.4, -0.2) is 4.92 Å². The molecule has 0 saturated carbocycles. The fourth-order valence-corrected chi connectivity index (χ4v) is 2.93. The second-order valence-electron chi connectivity index (χ2n) is 5.17. The Morgan fingerprint density at radius 1 is 1.43 bits per heavy atom. The Kier molecular flexibility index (Phi) is 3.94. The van der Waals surface area contributed by atoms with Gasteiger partial charge in [0.25, 0.3) is 5.69 Å². The molecule has 5 nitrogen and oxygen atoms in total. The van der Waals surface area contributed by atoms with Gasteiger partial charge in [-0.1, -0.05) is 17.7 Å². The molecule has 1 N–H and O–H groups in total. The predicted octanol–water partition coefficient (Wildman–Crippen LogP) is 4.01. The first-order chi connectivity index (χ1) is 10.1. The normalized spacial score (nSPS) is 17.5. The number of hydrogen-bond acceptors (Lipinski definition) is 4. The average molecular weight is 307 g/mol. The van der Waals surface area contributed by atoms with Crippen LogP contribution in [0.3, 0.4) is 0 Å². The molecule has 6 heteroatoms. The molecule has 0 fully saturated rings. The summed E-state index contributed by atoms with van der Waals surface area (Å²) >= 11 is 5.82. The maximum absolute atomic E-state index is 10.9. The van der Waals surface area contributed by atoms with Gasteiger partial charge in [0, 0.05) is 30.6 Å². The van der Waals surface area contributed by atoms with E-state index >= 15 is 0 Å². The Bertz CT molecular complexity index is 669. The zero-order valence-electron chi connectivity index (χ0n) is 11.3. The van der Waals surface area contributed by atoms with Crippen LogP contribution in [0.25, 0.3) is 0 Å². The number of aryl methyl sites for hydroxylation is 1. The minimum Gasteiger partial charge on any atom is -0.469 e. The summed E-state index contributed by atoms with van der Waals surface area (Å²) in [7, 11) is 0. The first-order valence-corrected chi connectivity index (χ1v) is 7.25. The Hall–Kier alpha value is -1.85. The molecule has 0 amide bonds. The number of halogens is 1. The first-order valence-electron chi connectivity index (χ1n) is 6.87. The van der Waals surface area contributed by atoms with Gasteiger partial charge >= 0.3 is 0 Å². The van der Waals surface area contributed by atoms with Crippen molar-refractivity contribution < 1.29 is 9.34 Å². The van der Waals surface area contributed by atoms with Crippen molar-refractivity contribution in [1.29, 1.82) is 0 Å². The van der Waals surface area contributed by atoms with E-state index in [2.05, 4.69) is 5.32 Å². The van der Waals surface area contributed by atoms with E-state index in [1.54, 1.807) is 18.4 Å². The maximum atomic E-state index is 10.9. The van der Waals surface area contributed by atoms with Crippen molar-refractivity contribution in [3.8, 4) is 0 Å². The van der Waals surface area contributed by atoms with Gasteiger partial charge in [0.2, 0.25) is 0 Å². The summed E-state index contributed by atoms with van der Waals surface area (Å²) in [5.41, 5.74) is 2.00. The van der Waals surface area contributed by atoms with E-state index in [1.165, 1.54) is 11.6 Å². The quantitative estimate of drug-likeness (QED) is 0.684. The molecule has 1 aliphatic rings. The van der Waals surface area contributed by atoms with E-state index in [0.29, 0.717) is 6.54 Å². The van der Waals surface area contributed by atoms with Gasteiger partial charge in [0.1, 0.15) is 10.8 Å². The van der Waals surface area contributed by atoms with E-state index in [4.69, 9.17) is 16.0 Å². The maximum Gasteiger partial charge on any atom is 0.288 e. The molecular weight excluding hydrogens is 292 g/mol. The molecule has 3 rings (SSSR count). The van der Waals surface area contributed by atoms with Crippen LogP contribution in [0.15, 0.2) is 34.9 Å². The fraction of sp³-hybridized carbons (Fsp3) is 0.333. The Morgan fingerprint density at radius 2 is 2.29 bits per heavy atom. The van der Waals surface area contributed by atoms with Crippen LogP contribution in [0.1, 0.15) is 35.8 Å². The van der Waals surface area contributed by atoms with Crippen LogP contribution in [0.5, 0.6) is 0 Å². The number of nitro benzene ring substituents is 1. The van der Waals surface area contributed by atoms with Crippen LogP contribution >= 0.6 is 11.6 Å². The Morgan fingerprint density at radius 3 is 3.10 bits per heavy atom. The average Bonchev–Trinajstić information content (AvgIpc) is 2.95. The molecule has 21 heavy (non-hydrogen) atoms. The first kappa shape index (κ1) is 14.1. The highest BCUT2D eigenvalue weighted by molar-refractivity contribution is 6.32. The van der Waals surface area contributed by atoms with Crippen LogP contribution in [0.2, 0.25) is 5.02 Å². The number of nitro groups is 1. The minimum atomic E-state index is -0.458. The lowest BCUT2D eigenvalue weighted by Gasteiger charge is -2.22. The molecule has 0 saturated heterocycles. The van der Waals surface area contributed by atoms with Crippen molar-refractivity contribution in [1.82, 2.24) is 5.32 Å². The molecular formula is C15H15ClN2O3. The van der Waals surface area contributed by atoms with Gasteiger partial charge in [-0.15, -0.1) is 0 Å². The summed E-state index contributed by atoms with van der Waals surface area (Å²) in [6.07, 6.45) is 4.83. The van der Waals surface area contributed by atoms with Crippen molar-refractivity contribution in [2.24, 2.45) is 0 Å². The summed E-state index contributed by atoms with van der Waals surface area (Å²) in [4.78, 5) is 10.4. The third-order valence-corrected chi connectivity index (χ3v) is 4.13. The zero-order chi connectivity index (χ0) is 14.8. The molecule has 1 aromatic carbocycles. The lowest BCUT2D eigenvalue weighted by Crippen LogP contribution is -2.24. The highest BCUT2D eigenvalue weighted by atomic mass is 35.5. The number of nitrogens with zero attached hydrogens (tertiary/aromatic N) is 1. The Balaban J connectivity index is 1.72. The van der Waals surface area contributed by atoms with Crippen LogP contribution in [0, 0.1) is 10.1 Å². The van der Waals surface area contributed by atoms with Gasteiger partial charge in [-0.3, -0.25) is 10.1 Å². The van der Waals surface area contributed by atoms with Crippen molar-refractivity contribution in [2.45, 2.75) is 31.8 Å². The molecule has 0 aliphatic heterocycles. The van der Waals surface area contributed by atoms with Crippen molar-refractivity contribution in [2.75, 3.05) is 0 Å². The molecule has 1 unspecified atom stereocenters. The van der Waals surface area contributed by atoms with Gasteiger partial charge in [-0.2, -0.15) is 0 Å². The topological polar surface area (TPSA) is 68.3 Å².